The normalized spacial score (nSPS) is 11.3. The van der Waals surface area contributed by atoms with Gasteiger partial charge in [-0.15, -0.1) is 0 Å². The van der Waals surface area contributed by atoms with E-state index in [4.69, 9.17) is 0 Å². The molecule has 0 radical (unpaired) electrons. The highest BCUT2D eigenvalue weighted by molar-refractivity contribution is 5.99. The minimum absolute atomic E-state index is 0.0798. The Morgan fingerprint density at radius 2 is 0.538 bits per heavy atom. The average molecular weight is 730 g/mol. The number of fused-ring (bicyclic) bond motifs is 4. The fraction of sp³-hybridized carbons (Fsp3) is 0. The zero-order valence-electron chi connectivity index (χ0n) is 24.9. The maximum Gasteiger partial charge on any atom is 0.198 e. The van der Waals surface area contributed by atoms with Crippen LogP contribution in [0.25, 0.3) is 43.1 Å². The highest BCUT2D eigenvalue weighted by Gasteiger charge is 2.31. The summed E-state index contributed by atoms with van der Waals surface area (Å²) in [4.78, 5) is 0. The number of halogens is 14. The molecule has 0 saturated carbocycles. The molecule has 0 bridgehead atoms. The van der Waals surface area contributed by atoms with Crippen LogP contribution in [0.4, 0.5) is 61.5 Å². The van der Waals surface area contributed by atoms with E-state index in [0.717, 1.165) is 0 Å². The summed E-state index contributed by atoms with van der Waals surface area (Å²) in [5.74, 6) is -22.9. The summed E-state index contributed by atoms with van der Waals surface area (Å²) in [6, 6.07) is 11.7. The van der Waals surface area contributed by atoms with Crippen molar-refractivity contribution in [2.45, 2.75) is 0 Å². The average Bonchev–Trinajstić information content (AvgIpc) is 3.13. The van der Waals surface area contributed by atoms with Gasteiger partial charge in [0.2, 0.25) is 0 Å². The van der Waals surface area contributed by atoms with Crippen LogP contribution in [0.1, 0.15) is 22.3 Å². The zero-order valence-corrected chi connectivity index (χ0v) is 24.9. The van der Waals surface area contributed by atoms with Crippen LogP contribution in [0.3, 0.4) is 0 Å². The summed E-state index contributed by atoms with van der Waals surface area (Å²) in [6.07, 6.45) is 0. The lowest BCUT2D eigenvalue weighted by Gasteiger charge is -2.09. The third kappa shape index (κ3) is 5.05. The molecule has 7 rings (SSSR count). The second-order valence-corrected chi connectivity index (χ2v) is 11.1. The first-order valence-corrected chi connectivity index (χ1v) is 14.3. The molecule has 0 aromatic heterocycles. The fourth-order valence-electron chi connectivity index (χ4n) is 5.61. The number of benzene rings is 7. The second kappa shape index (κ2) is 12.2. The lowest BCUT2D eigenvalue weighted by Crippen LogP contribution is -2.06. The van der Waals surface area contributed by atoms with E-state index in [-0.39, 0.29) is 11.1 Å². The zero-order chi connectivity index (χ0) is 37.5. The van der Waals surface area contributed by atoms with Crippen LogP contribution in [-0.2, 0) is 0 Å². The number of hydrogen-bond acceptors (Lipinski definition) is 0. The van der Waals surface area contributed by atoms with Crippen LogP contribution < -0.4 is 0 Å². The van der Waals surface area contributed by atoms with E-state index in [1.54, 1.807) is 12.1 Å². The smallest absolute Gasteiger partial charge is 0.198 e. The van der Waals surface area contributed by atoms with Crippen LogP contribution in [0.15, 0.2) is 48.5 Å². The van der Waals surface area contributed by atoms with E-state index in [0.29, 0.717) is 21.5 Å². The molecule has 0 aliphatic rings. The summed E-state index contributed by atoms with van der Waals surface area (Å²) in [5, 5.41) is -4.90. The third-order valence-electron chi connectivity index (χ3n) is 8.13. The molecule has 258 valence electrons. The van der Waals surface area contributed by atoms with Crippen molar-refractivity contribution >= 4 is 43.1 Å². The molecule has 0 aliphatic heterocycles. The topological polar surface area (TPSA) is 0 Å². The standard InChI is InChI=1S/C38H8F14/c39-25-19(27(41)29(43)23-21(25)31(45)35(49)37(51)33(23)47)7-3-13-1-5-15-11-18-10-14(2-6-16(18)12-17(15)9-13)4-8-20-26(40)22-24(30(44)28(20)42)34(48)38(52)36(50)32(22)46/h1-2,5-6,9-12H. The summed E-state index contributed by atoms with van der Waals surface area (Å²) >= 11 is 0. The van der Waals surface area contributed by atoms with Gasteiger partial charge in [0.05, 0.1) is 21.5 Å². The molecule has 0 N–H and O–H groups in total. The quantitative estimate of drug-likeness (QED) is 0.0479. The Hall–Kier alpha value is -6.28. The molecule has 0 unspecified atom stereocenters. The molecular weight excluding hydrogens is 722 g/mol. The van der Waals surface area contributed by atoms with Crippen LogP contribution in [0.5, 0.6) is 0 Å². The minimum atomic E-state index is -2.46. The Kier molecular flexibility index (Phi) is 8.02. The van der Waals surface area contributed by atoms with Gasteiger partial charge in [-0.25, -0.2) is 61.5 Å². The van der Waals surface area contributed by atoms with Crippen LogP contribution >= 0.6 is 0 Å². The van der Waals surface area contributed by atoms with Crippen molar-refractivity contribution in [3.8, 4) is 23.7 Å². The van der Waals surface area contributed by atoms with E-state index in [1.807, 2.05) is 11.8 Å². The molecule has 0 atom stereocenters. The number of rotatable bonds is 0. The summed E-state index contributed by atoms with van der Waals surface area (Å²) in [7, 11) is 0. The molecule has 52 heavy (non-hydrogen) atoms. The van der Waals surface area contributed by atoms with Crippen molar-refractivity contribution in [2.75, 3.05) is 0 Å². The lowest BCUT2D eigenvalue weighted by molar-refractivity contribution is 0.411. The Morgan fingerprint density at radius 3 is 0.865 bits per heavy atom. The Labute approximate surface area is 280 Å². The van der Waals surface area contributed by atoms with Gasteiger partial charge in [-0.2, -0.15) is 0 Å². The van der Waals surface area contributed by atoms with Crippen LogP contribution in [0.2, 0.25) is 0 Å². The van der Waals surface area contributed by atoms with Gasteiger partial charge in [0.15, 0.2) is 81.4 Å². The van der Waals surface area contributed by atoms with Gasteiger partial charge >= 0.3 is 0 Å². The second-order valence-electron chi connectivity index (χ2n) is 11.1. The molecule has 0 nitrogen and oxygen atoms in total. The Morgan fingerprint density at radius 1 is 0.250 bits per heavy atom. The van der Waals surface area contributed by atoms with Gasteiger partial charge < -0.3 is 0 Å². The van der Waals surface area contributed by atoms with Gasteiger partial charge in [-0.1, -0.05) is 35.8 Å². The molecule has 0 aliphatic carbocycles. The molecule has 0 heterocycles. The lowest BCUT2D eigenvalue weighted by atomic mass is 9.99. The highest BCUT2D eigenvalue weighted by atomic mass is 19.2. The molecule has 7 aromatic carbocycles. The van der Waals surface area contributed by atoms with E-state index >= 15 is 8.78 Å². The van der Waals surface area contributed by atoms with E-state index < -0.39 is 114 Å². The molecule has 0 saturated heterocycles. The van der Waals surface area contributed by atoms with Crippen molar-refractivity contribution in [2.24, 2.45) is 0 Å². The van der Waals surface area contributed by atoms with Crippen LogP contribution in [0, 0.1) is 105 Å². The fourth-order valence-corrected chi connectivity index (χ4v) is 5.61. The molecule has 7 aromatic rings. The maximum atomic E-state index is 15.0. The van der Waals surface area contributed by atoms with Gasteiger partial charge in [-0.05, 0) is 57.9 Å². The van der Waals surface area contributed by atoms with Crippen molar-refractivity contribution < 1.29 is 61.5 Å². The molecule has 0 spiro atoms. The summed E-state index contributed by atoms with van der Waals surface area (Å²) in [6.45, 7) is 0. The predicted octanol–water partition coefficient (Wildman–Crippen LogP) is 11.0. The minimum Gasteiger partial charge on any atom is -0.205 e. The first-order valence-electron chi connectivity index (χ1n) is 14.3. The maximum absolute atomic E-state index is 15.0. The highest BCUT2D eigenvalue weighted by Crippen LogP contribution is 2.36. The van der Waals surface area contributed by atoms with Gasteiger partial charge in [0.1, 0.15) is 11.1 Å². The summed E-state index contributed by atoms with van der Waals surface area (Å²) in [5.41, 5.74) is -2.61. The van der Waals surface area contributed by atoms with E-state index in [1.165, 1.54) is 36.4 Å². The SMILES string of the molecule is Fc1c(F)c(F)c2c(F)c(C#Cc3ccc4cc5cc(C#Cc6c(F)c(F)c7c(F)c(F)c(F)c(F)c7c6F)ccc5cc4c3)c(F)c(F)c2c1F. The van der Waals surface area contributed by atoms with Crippen molar-refractivity contribution in [1.29, 1.82) is 0 Å². The monoisotopic (exact) mass is 730 g/mol. The molecule has 14 heteroatoms. The van der Waals surface area contributed by atoms with E-state index in [2.05, 4.69) is 11.8 Å². The van der Waals surface area contributed by atoms with Crippen molar-refractivity contribution in [3.63, 3.8) is 0 Å². The van der Waals surface area contributed by atoms with Gasteiger partial charge in [0, 0.05) is 11.1 Å². The predicted molar refractivity (Wildman–Crippen MR) is 161 cm³/mol. The van der Waals surface area contributed by atoms with Gasteiger partial charge in [0.25, 0.3) is 0 Å². The largest absolute Gasteiger partial charge is 0.205 e. The Balaban J connectivity index is 1.26. The van der Waals surface area contributed by atoms with Crippen molar-refractivity contribution in [1.82, 2.24) is 0 Å². The van der Waals surface area contributed by atoms with E-state index in [9.17, 15) is 52.7 Å². The molecule has 0 fully saturated rings. The van der Waals surface area contributed by atoms with Crippen molar-refractivity contribution in [3.05, 3.63) is 152 Å². The molecular formula is C38H8F14. The first kappa shape index (κ1) is 34.2. The summed E-state index contributed by atoms with van der Waals surface area (Å²) < 4.78 is 200. The number of hydrogen-bond donors (Lipinski definition) is 0. The third-order valence-corrected chi connectivity index (χ3v) is 8.13. The molecule has 0 amide bonds. The van der Waals surface area contributed by atoms with Gasteiger partial charge in [-0.3, -0.25) is 0 Å². The Bertz CT molecular complexity index is 2710. The first-order chi connectivity index (χ1) is 24.6. The van der Waals surface area contributed by atoms with Crippen LogP contribution in [-0.4, -0.2) is 0 Å².